The first-order valence-electron chi connectivity index (χ1n) is 7.65. The van der Waals surface area contributed by atoms with Gasteiger partial charge in [0.25, 0.3) is 0 Å². The summed E-state index contributed by atoms with van der Waals surface area (Å²) in [7, 11) is 4.02. The average molecular weight is 340 g/mol. The molecule has 0 spiro atoms. The Kier molecular flexibility index (Phi) is 4.14. The number of hydrogen-bond donors (Lipinski definition) is 0. The van der Waals surface area contributed by atoms with Crippen LogP contribution in [0.3, 0.4) is 0 Å². The number of hydrogen-bond acceptors (Lipinski definition) is 2. The first kappa shape index (κ1) is 16.2. The quantitative estimate of drug-likeness (QED) is 0.440. The lowest BCUT2D eigenvalue weighted by Crippen LogP contribution is -3.00. The van der Waals surface area contributed by atoms with Gasteiger partial charge < -0.3 is 12.4 Å². The van der Waals surface area contributed by atoms with Crippen molar-refractivity contribution in [2.45, 2.75) is 13.0 Å². The topological polar surface area (TPSA) is 48.7 Å². The van der Waals surface area contributed by atoms with Crippen molar-refractivity contribution in [2.75, 3.05) is 0 Å². The molecule has 0 radical (unpaired) electrons. The number of nitrogens with zero attached hydrogens (tertiary/aromatic N) is 5. The van der Waals surface area contributed by atoms with Crippen molar-refractivity contribution in [3.8, 4) is 0 Å². The van der Waals surface area contributed by atoms with Gasteiger partial charge in [0.2, 0.25) is 0 Å². The van der Waals surface area contributed by atoms with Gasteiger partial charge in [0.05, 0.1) is 11.2 Å². The third-order valence-electron chi connectivity index (χ3n) is 4.44. The van der Waals surface area contributed by atoms with Crippen LogP contribution in [0.4, 0.5) is 5.69 Å². The Morgan fingerprint density at radius 1 is 1.00 bits per heavy atom. The van der Waals surface area contributed by atoms with Crippen LogP contribution in [0.2, 0.25) is 0 Å². The summed E-state index contributed by atoms with van der Waals surface area (Å²) in [4.78, 5) is 9.16. The first-order chi connectivity index (χ1) is 11.2. The summed E-state index contributed by atoms with van der Waals surface area (Å²) < 4.78 is 4.09. The van der Waals surface area contributed by atoms with Crippen molar-refractivity contribution in [3.63, 3.8) is 0 Å². The van der Waals surface area contributed by atoms with E-state index in [1.165, 1.54) is 0 Å². The van der Waals surface area contributed by atoms with Gasteiger partial charge in [-0.25, -0.2) is 4.68 Å². The van der Waals surface area contributed by atoms with E-state index in [0.717, 1.165) is 33.4 Å². The van der Waals surface area contributed by atoms with Gasteiger partial charge in [-0.05, 0) is 30.2 Å². The molecule has 0 aliphatic carbocycles. The number of halogens is 1. The SMILES string of the molecule is CC1=Nc2ccccc2C1N=[N+]=c1c2ccccc2n(C)n1C.[Cl-]. The molecule has 4 rings (SSSR count). The molecule has 0 fully saturated rings. The first-order valence-corrected chi connectivity index (χ1v) is 7.65. The van der Waals surface area contributed by atoms with Crippen LogP contribution in [0.15, 0.2) is 58.6 Å². The summed E-state index contributed by atoms with van der Waals surface area (Å²) in [5, 5.41) is 5.70. The van der Waals surface area contributed by atoms with Crippen LogP contribution < -0.4 is 17.9 Å². The number of aromatic nitrogens is 2. The van der Waals surface area contributed by atoms with Crippen LogP contribution in [-0.2, 0) is 14.1 Å². The van der Waals surface area contributed by atoms with E-state index < -0.39 is 0 Å². The van der Waals surface area contributed by atoms with Gasteiger partial charge in [0, 0.05) is 18.3 Å². The summed E-state index contributed by atoms with van der Waals surface area (Å²) in [6.45, 7) is 2.01. The zero-order valence-electron chi connectivity index (χ0n) is 13.8. The number of aliphatic imine (C=N–C) groups is 1. The fraction of sp³-hybridized carbons (Fsp3) is 0.222. The normalized spacial score (nSPS) is 15.5. The molecule has 1 aliphatic rings. The Morgan fingerprint density at radius 2 is 1.71 bits per heavy atom. The third-order valence-corrected chi connectivity index (χ3v) is 4.44. The van der Waals surface area contributed by atoms with Crippen LogP contribution in [-0.4, -0.2) is 19.9 Å². The van der Waals surface area contributed by atoms with Crippen molar-refractivity contribution >= 4 is 22.3 Å². The maximum absolute atomic E-state index is 4.60. The second kappa shape index (κ2) is 6.11. The summed E-state index contributed by atoms with van der Waals surface area (Å²) in [6.07, 6.45) is 0. The molecule has 6 heteroatoms. The lowest BCUT2D eigenvalue weighted by Gasteiger charge is -1.99. The highest BCUT2D eigenvalue weighted by Gasteiger charge is 2.25. The maximum Gasteiger partial charge on any atom is 0.433 e. The highest BCUT2D eigenvalue weighted by atomic mass is 35.5. The molecule has 1 aromatic heterocycles. The molecular weight excluding hydrogens is 322 g/mol. The van der Waals surface area contributed by atoms with Crippen molar-refractivity contribution in [1.82, 2.24) is 9.36 Å². The van der Waals surface area contributed by atoms with E-state index in [1.54, 1.807) is 0 Å². The zero-order chi connectivity index (χ0) is 16.0. The molecule has 2 heterocycles. The number of aryl methyl sites for hydroxylation is 1. The van der Waals surface area contributed by atoms with Gasteiger partial charge >= 0.3 is 5.49 Å². The summed E-state index contributed by atoms with van der Waals surface area (Å²) in [6, 6.07) is 16.2. The number of rotatable bonds is 1. The molecule has 1 atom stereocenters. The lowest BCUT2D eigenvalue weighted by molar-refractivity contribution is -0.157. The molecule has 0 bridgehead atoms. The van der Waals surface area contributed by atoms with Crippen molar-refractivity contribution in [3.05, 3.63) is 59.6 Å². The third kappa shape index (κ3) is 2.39. The predicted octanol–water partition coefficient (Wildman–Crippen LogP) is -0.0708. The minimum atomic E-state index is -0.0924. The van der Waals surface area contributed by atoms with E-state index in [0.29, 0.717) is 0 Å². The number of fused-ring (bicyclic) bond motifs is 2. The van der Waals surface area contributed by atoms with Gasteiger partial charge in [-0.1, -0.05) is 35.1 Å². The lowest BCUT2D eigenvalue weighted by atomic mass is 10.1. The second-order valence-corrected chi connectivity index (χ2v) is 5.82. The molecule has 0 N–H and O–H groups in total. The number of benzene rings is 2. The molecule has 122 valence electrons. The van der Waals surface area contributed by atoms with E-state index in [4.69, 9.17) is 0 Å². The largest absolute Gasteiger partial charge is 1.00 e. The molecule has 3 aromatic rings. The molecule has 0 amide bonds. The molecule has 24 heavy (non-hydrogen) atoms. The minimum Gasteiger partial charge on any atom is -1.00 e. The standard InChI is InChI=1S/C18H18N5.ClH/c1-12-17(13-8-4-6-10-15(13)19-12)20-21-18-14-9-5-7-11-16(14)22(2)23(18)3;/h4-11,17H,1-3H3;1H/q+1;/p-1. The summed E-state index contributed by atoms with van der Waals surface area (Å²) in [5.74, 6) is 0. The van der Waals surface area contributed by atoms with Crippen molar-refractivity contribution in [2.24, 2.45) is 24.2 Å². The Morgan fingerprint density at radius 3 is 2.54 bits per heavy atom. The van der Waals surface area contributed by atoms with Crippen LogP contribution in [0.1, 0.15) is 18.5 Å². The van der Waals surface area contributed by atoms with Crippen LogP contribution >= 0.6 is 0 Å². The molecule has 1 aliphatic heterocycles. The van der Waals surface area contributed by atoms with Gasteiger partial charge in [-0.3, -0.25) is 4.99 Å². The fourth-order valence-corrected chi connectivity index (χ4v) is 3.10. The molecule has 5 nitrogen and oxygen atoms in total. The Bertz CT molecular complexity index is 1050. The number of para-hydroxylation sites is 2. The predicted molar refractivity (Wildman–Crippen MR) is 89.7 cm³/mol. The average Bonchev–Trinajstić information content (AvgIpc) is 3.01. The zero-order valence-corrected chi connectivity index (χ0v) is 14.6. The molecular formula is C18H18ClN5. The van der Waals surface area contributed by atoms with Crippen molar-refractivity contribution in [1.29, 1.82) is 0 Å². The molecule has 0 saturated heterocycles. The summed E-state index contributed by atoms with van der Waals surface area (Å²) >= 11 is 0. The summed E-state index contributed by atoms with van der Waals surface area (Å²) in [5.41, 5.74) is 5.10. The van der Waals surface area contributed by atoms with Gasteiger partial charge in [0.15, 0.2) is 6.04 Å². The molecule has 1 unspecified atom stereocenters. The van der Waals surface area contributed by atoms with E-state index in [-0.39, 0.29) is 18.4 Å². The second-order valence-electron chi connectivity index (χ2n) is 5.82. The highest BCUT2D eigenvalue weighted by Crippen LogP contribution is 2.35. The highest BCUT2D eigenvalue weighted by molar-refractivity contribution is 5.95. The van der Waals surface area contributed by atoms with Gasteiger partial charge in [0.1, 0.15) is 12.4 Å². The van der Waals surface area contributed by atoms with Crippen LogP contribution in [0.5, 0.6) is 0 Å². The smallest absolute Gasteiger partial charge is 0.433 e. The monoisotopic (exact) mass is 339 g/mol. The van der Waals surface area contributed by atoms with Crippen molar-refractivity contribution < 1.29 is 17.2 Å². The van der Waals surface area contributed by atoms with Crippen LogP contribution in [0, 0.1) is 0 Å². The Hall–Kier alpha value is -2.62. The maximum atomic E-state index is 4.60. The van der Waals surface area contributed by atoms with E-state index >= 15 is 0 Å². The van der Waals surface area contributed by atoms with E-state index in [9.17, 15) is 0 Å². The van der Waals surface area contributed by atoms with E-state index in [2.05, 4.69) is 37.8 Å². The molecule has 0 saturated carbocycles. The van der Waals surface area contributed by atoms with Crippen LogP contribution in [0.25, 0.3) is 10.9 Å². The minimum absolute atomic E-state index is 0. The molecule has 2 aromatic carbocycles. The fourth-order valence-electron chi connectivity index (χ4n) is 3.10. The Labute approximate surface area is 146 Å². The van der Waals surface area contributed by atoms with Gasteiger partial charge in [-0.2, -0.15) is 0 Å². The van der Waals surface area contributed by atoms with Gasteiger partial charge in [-0.15, -0.1) is 4.68 Å². The Balaban J connectivity index is 0.00000169. The van der Waals surface area contributed by atoms with E-state index in [1.807, 2.05) is 56.0 Å².